The quantitative estimate of drug-likeness (QED) is 0.685. The van der Waals surface area contributed by atoms with E-state index in [1.54, 1.807) is 11.9 Å². The number of nitrogens with zero attached hydrogens (tertiary/aromatic N) is 3. The second kappa shape index (κ2) is 9.16. The predicted octanol–water partition coefficient (Wildman–Crippen LogP) is 3.94. The average Bonchev–Trinajstić information content (AvgIpc) is 3.29. The normalized spacial score (nSPS) is 14.5. The van der Waals surface area contributed by atoms with Crippen molar-refractivity contribution in [1.29, 1.82) is 0 Å². The number of aryl methyl sites for hydroxylation is 1. The number of piperidine rings is 1. The summed E-state index contributed by atoms with van der Waals surface area (Å²) in [4.78, 5) is 29.0. The monoisotopic (exact) mass is 416 g/mol. The van der Waals surface area contributed by atoms with E-state index in [2.05, 4.69) is 16.3 Å². The summed E-state index contributed by atoms with van der Waals surface area (Å²) in [6, 6.07) is 19.5. The number of likely N-dealkylation sites (tertiary alicyclic amines) is 1. The molecule has 3 aromatic rings. The molecule has 6 nitrogen and oxygen atoms in total. The number of hydrogen-bond donors (Lipinski definition) is 1. The number of aromatic nitrogens is 2. The molecule has 4 rings (SSSR count). The number of hydrogen-bond acceptors (Lipinski definition) is 3. The topological polar surface area (TPSA) is 69.3 Å². The fraction of sp³-hybridized carbons (Fsp3) is 0.320. The molecule has 2 aromatic carbocycles. The summed E-state index contributed by atoms with van der Waals surface area (Å²) >= 11 is 0. The van der Waals surface area contributed by atoms with Crippen LogP contribution in [0.15, 0.2) is 60.7 Å². The molecule has 31 heavy (non-hydrogen) atoms. The molecule has 0 unspecified atom stereocenters. The number of rotatable bonds is 5. The van der Waals surface area contributed by atoms with Gasteiger partial charge >= 0.3 is 0 Å². The Morgan fingerprint density at radius 2 is 1.81 bits per heavy atom. The minimum atomic E-state index is -0.139. The average molecular weight is 417 g/mol. The van der Waals surface area contributed by atoms with E-state index in [-0.39, 0.29) is 17.7 Å². The largest absolute Gasteiger partial charge is 0.342 e. The second-order valence-corrected chi connectivity index (χ2v) is 8.23. The van der Waals surface area contributed by atoms with E-state index in [1.165, 1.54) is 5.56 Å². The molecule has 160 valence electrons. The van der Waals surface area contributed by atoms with Crippen LogP contribution in [0.2, 0.25) is 0 Å². The highest BCUT2D eigenvalue weighted by Crippen LogP contribution is 2.28. The van der Waals surface area contributed by atoms with Crippen LogP contribution < -0.4 is 4.90 Å². The highest BCUT2D eigenvalue weighted by atomic mass is 16.2. The first-order valence-corrected chi connectivity index (χ1v) is 10.7. The Morgan fingerprint density at radius 3 is 2.52 bits per heavy atom. The fourth-order valence-corrected chi connectivity index (χ4v) is 4.14. The molecule has 0 bridgehead atoms. The molecule has 0 spiro atoms. The van der Waals surface area contributed by atoms with Crippen LogP contribution >= 0.6 is 0 Å². The number of anilines is 1. The van der Waals surface area contributed by atoms with Crippen molar-refractivity contribution < 1.29 is 9.59 Å². The van der Waals surface area contributed by atoms with Gasteiger partial charge in [-0.3, -0.25) is 14.7 Å². The van der Waals surface area contributed by atoms with Crippen LogP contribution in [0.1, 0.15) is 46.1 Å². The van der Waals surface area contributed by atoms with Gasteiger partial charge in [-0.15, -0.1) is 0 Å². The van der Waals surface area contributed by atoms with Crippen LogP contribution in [0.4, 0.5) is 5.69 Å². The van der Waals surface area contributed by atoms with Crippen LogP contribution in [-0.4, -0.2) is 47.0 Å². The van der Waals surface area contributed by atoms with Gasteiger partial charge in [-0.1, -0.05) is 48.0 Å². The zero-order valence-corrected chi connectivity index (χ0v) is 18.0. The number of benzene rings is 2. The van der Waals surface area contributed by atoms with Crippen LogP contribution in [0.25, 0.3) is 0 Å². The van der Waals surface area contributed by atoms with Crippen molar-refractivity contribution in [2.75, 3.05) is 25.0 Å². The summed E-state index contributed by atoms with van der Waals surface area (Å²) in [5.74, 6) is 0.313. The van der Waals surface area contributed by atoms with E-state index < -0.39 is 0 Å². The van der Waals surface area contributed by atoms with Crippen molar-refractivity contribution in [2.45, 2.75) is 32.1 Å². The third-order valence-corrected chi connectivity index (χ3v) is 5.99. The second-order valence-electron chi connectivity index (χ2n) is 8.23. The van der Waals surface area contributed by atoms with Gasteiger partial charge in [-0.2, -0.15) is 5.10 Å². The Hall–Kier alpha value is -3.41. The highest BCUT2D eigenvalue weighted by Gasteiger charge is 2.26. The van der Waals surface area contributed by atoms with Crippen molar-refractivity contribution in [3.05, 3.63) is 83.2 Å². The van der Waals surface area contributed by atoms with Crippen molar-refractivity contribution in [1.82, 2.24) is 15.1 Å². The number of aromatic amines is 1. The van der Waals surface area contributed by atoms with E-state index >= 15 is 0 Å². The summed E-state index contributed by atoms with van der Waals surface area (Å²) in [5, 5.41) is 7.31. The molecule has 0 aliphatic carbocycles. The van der Waals surface area contributed by atoms with E-state index in [9.17, 15) is 9.59 Å². The van der Waals surface area contributed by atoms with Gasteiger partial charge in [-0.25, -0.2) is 0 Å². The molecule has 0 saturated carbocycles. The highest BCUT2D eigenvalue weighted by molar-refractivity contribution is 6.04. The molecule has 1 aliphatic rings. The van der Waals surface area contributed by atoms with Gasteiger partial charge in [-0.05, 0) is 43.5 Å². The van der Waals surface area contributed by atoms with Gasteiger partial charge < -0.3 is 9.80 Å². The lowest BCUT2D eigenvalue weighted by atomic mass is 9.93. The lowest BCUT2D eigenvalue weighted by Gasteiger charge is -2.31. The maximum Gasteiger partial charge on any atom is 0.278 e. The van der Waals surface area contributed by atoms with Gasteiger partial charge in [0.1, 0.15) is 0 Å². The first-order chi connectivity index (χ1) is 15.0. The van der Waals surface area contributed by atoms with Gasteiger partial charge in [0.15, 0.2) is 5.69 Å². The Kier molecular flexibility index (Phi) is 6.16. The summed E-state index contributed by atoms with van der Waals surface area (Å²) < 4.78 is 0. The van der Waals surface area contributed by atoms with Crippen LogP contribution in [0.5, 0.6) is 0 Å². The number of H-pyrrole nitrogens is 1. The maximum atomic E-state index is 12.8. The van der Waals surface area contributed by atoms with Crippen LogP contribution in [-0.2, 0) is 11.2 Å². The molecule has 0 radical (unpaired) electrons. The van der Waals surface area contributed by atoms with Crippen LogP contribution in [0, 0.1) is 6.92 Å². The van der Waals surface area contributed by atoms with Gasteiger partial charge in [0, 0.05) is 37.4 Å². The predicted molar refractivity (Wildman–Crippen MR) is 121 cm³/mol. The zero-order valence-electron chi connectivity index (χ0n) is 18.0. The molecule has 2 amide bonds. The SMILES string of the molecule is Cc1cccc(CC(=O)N2CCC(c3cc(C(=O)N(C)c4ccccc4)n[nH]3)CC2)c1. The summed E-state index contributed by atoms with van der Waals surface area (Å²) in [7, 11) is 1.75. The summed E-state index contributed by atoms with van der Waals surface area (Å²) in [5.41, 5.74) is 4.45. The summed E-state index contributed by atoms with van der Waals surface area (Å²) in [6.45, 7) is 3.49. The number of carbonyl (C=O) groups is 2. The van der Waals surface area contributed by atoms with Gasteiger partial charge in [0.05, 0.1) is 6.42 Å². The van der Waals surface area contributed by atoms with Gasteiger partial charge in [0.25, 0.3) is 5.91 Å². The molecule has 1 saturated heterocycles. The van der Waals surface area contributed by atoms with Crippen LogP contribution in [0.3, 0.4) is 0 Å². The Bertz CT molecular complexity index is 1050. The molecule has 1 aromatic heterocycles. The third-order valence-electron chi connectivity index (χ3n) is 5.99. The van der Waals surface area contributed by atoms with Crippen molar-refractivity contribution >= 4 is 17.5 Å². The smallest absolute Gasteiger partial charge is 0.278 e. The lowest BCUT2D eigenvalue weighted by Crippen LogP contribution is -2.38. The lowest BCUT2D eigenvalue weighted by molar-refractivity contribution is -0.131. The van der Waals surface area contributed by atoms with Gasteiger partial charge in [0.2, 0.25) is 5.91 Å². The Balaban J connectivity index is 1.34. The Morgan fingerprint density at radius 1 is 1.06 bits per heavy atom. The number of para-hydroxylation sites is 1. The Labute approximate surface area is 182 Å². The standard InChI is InChI=1S/C25H28N4O2/c1-18-7-6-8-19(15-18)16-24(30)29-13-11-20(12-14-29)22-17-23(27-26-22)25(31)28(2)21-9-4-3-5-10-21/h3-10,15,17,20H,11-14,16H2,1-2H3,(H,26,27). The molecule has 2 heterocycles. The van der Waals surface area contributed by atoms with Crippen molar-refractivity contribution in [3.8, 4) is 0 Å². The van der Waals surface area contributed by atoms with Crippen molar-refractivity contribution in [3.63, 3.8) is 0 Å². The minimum absolute atomic E-state index is 0.139. The minimum Gasteiger partial charge on any atom is -0.342 e. The number of nitrogens with one attached hydrogen (secondary N) is 1. The molecule has 1 fully saturated rings. The third kappa shape index (κ3) is 4.85. The molecular weight excluding hydrogens is 388 g/mol. The van der Waals surface area contributed by atoms with E-state index in [4.69, 9.17) is 0 Å². The van der Waals surface area contributed by atoms with Crippen molar-refractivity contribution in [2.24, 2.45) is 0 Å². The van der Waals surface area contributed by atoms with E-state index in [0.29, 0.717) is 12.1 Å². The van der Waals surface area contributed by atoms with E-state index in [1.807, 2.05) is 66.4 Å². The molecule has 1 aliphatic heterocycles. The molecule has 1 N–H and O–H groups in total. The number of amides is 2. The number of carbonyl (C=O) groups excluding carboxylic acids is 2. The fourth-order valence-electron chi connectivity index (χ4n) is 4.14. The zero-order chi connectivity index (χ0) is 21.8. The maximum absolute atomic E-state index is 12.8. The first kappa shape index (κ1) is 20.8. The molecule has 6 heteroatoms. The first-order valence-electron chi connectivity index (χ1n) is 10.7. The van der Waals surface area contributed by atoms with E-state index in [0.717, 1.165) is 42.9 Å². The summed E-state index contributed by atoms with van der Waals surface area (Å²) in [6.07, 6.45) is 2.18. The molecule has 0 atom stereocenters. The molecular formula is C25H28N4O2.